The van der Waals surface area contributed by atoms with E-state index >= 15 is 0 Å². The van der Waals surface area contributed by atoms with Gasteiger partial charge in [-0.15, -0.1) is 0 Å². The summed E-state index contributed by atoms with van der Waals surface area (Å²) in [5, 5.41) is 1.61. The molecule has 1 amide bonds. The molecule has 4 nitrogen and oxygen atoms in total. The third-order valence-electron chi connectivity index (χ3n) is 2.16. The van der Waals surface area contributed by atoms with Crippen LogP contribution in [0.5, 0.6) is 0 Å². The summed E-state index contributed by atoms with van der Waals surface area (Å²) in [5.41, 5.74) is 0.835. The van der Waals surface area contributed by atoms with Crippen molar-refractivity contribution in [3.05, 3.63) is 27.5 Å². The van der Waals surface area contributed by atoms with Crippen LogP contribution >= 0.6 is 27.5 Å². The Morgan fingerprint density at radius 2 is 2.38 bits per heavy atom. The lowest BCUT2D eigenvalue weighted by atomic mass is 10.1. The number of carbonyl (C=O) groups is 1. The van der Waals surface area contributed by atoms with Crippen LogP contribution in [0.15, 0.2) is 16.7 Å². The second kappa shape index (κ2) is 6.18. The summed E-state index contributed by atoms with van der Waals surface area (Å²) in [4.78, 5) is 20.2. The van der Waals surface area contributed by atoms with E-state index < -0.39 is 0 Å². The molecule has 0 unspecified atom stereocenters. The molecule has 6 heteroatoms. The van der Waals surface area contributed by atoms with Crippen LogP contribution in [0.2, 0.25) is 5.15 Å². The molecule has 1 heterocycles. The van der Waals surface area contributed by atoms with Crippen molar-refractivity contribution in [3.63, 3.8) is 0 Å². The summed E-state index contributed by atoms with van der Waals surface area (Å²) in [6, 6.07) is 1.80. The smallest absolute Gasteiger partial charge is 0.246 e. The van der Waals surface area contributed by atoms with E-state index in [2.05, 4.69) is 20.9 Å². The summed E-state index contributed by atoms with van der Waals surface area (Å²) in [6.45, 7) is 0. The molecule has 16 heavy (non-hydrogen) atoms. The van der Waals surface area contributed by atoms with Gasteiger partial charge in [0.25, 0.3) is 0 Å². The monoisotopic (exact) mass is 306 g/mol. The first kappa shape index (κ1) is 13.4. The molecule has 0 bridgehead atoms. The van der Waals surface area contributed by atoms with Crippen LogP contribution in [0, 0.1) is 0 Å². The Bertz CT molecular complexity index is 367. The molecule has 0 saturated carbocycles. The van der Waals surface area contributed by atoms with Crippen molar-refractivity contribution in [2.45, 2.75) is 12.8 Å². The van der Waals surface area contributed by atoms with E-state index in [0.29, 0.717) is 18.0 Å². The molecular formula is C10H12BrClN2O2. The van der Waals surface area contributed by atoms with Crippen LogP contribution < -0.4 is 0 Å². The number of amides is 1. The molecule has 1 aromatic heterocycles. The highest BCUT2D eigenvalue weighted by molar-refractivity contribution is 9.10. The number of carbonyl (C=O) groups excluding carboxylic acids is 1. The highest BCUT2D eigenvalue weighted by atomic mass is 79.9. The Kier molecular flexibility index (Phi) is 5.18. The number of pyridine rings is 1. The minimum atomic E-state index is -0.102. The fraction of sp³-hybridized carbons (Fsp3) is 0.400. The fourth-order valence-corrected chi connectivity index (χ4v) is 2.03. The third-order valence-corrected chi connectivity index (χ3v) is 3.23. The first-order valence-electron chi connectivity index (χ1n) is 4.65. The number of nitrogens with zero attached hydrogens (tertiary/aromatic N) is 2. The summed E-state index contributed by atoms with van der Waals surface area (Å²) >= 11 is 9.30. The molecular weight excluding hydrogens is 295 g/mol. The molecule has 88 valence electrons. The molecule has 0 atom stereocenters. The normalized spacial score (nSPS) is 10.2. The molecule has 0 spiro atoms. The van der Waals surface area contributed by atoms with Crippen LogP contribution in [0.4, 0.5) is 0 Å². The molecule has 0 fully saturated rings. The summed E-state index contributed by atoms with van der Waals surface area (Å²) in [7, 11) is 3.02. The van der Waals surface area contributed by atoms with Crippen molar-refractivity contribution in [2.24, 2.45) is 0 Å². The van der Waals surface area contributed by atoms with Crippen molar-refractivity contribution >= 4 is 33.4 Å². The Labute approximate surface area is 108 Å². The third kappa shape index (κ3) is 3.43. The quantitative estimate of drug-likeness (QED) is 0.634. The van der Waals surface area contributed by atoms with E-state index in [0.717, 1.165) is 10.0 Å². The predicted octanol–water partition coefficient (Wildman–Crippen LogP) is 2.45. The molecule has 0 aliphatic rings. The van der Waals surface area contributed by atoms with E-state index in [9.17, 15) is 4.79 Å². The summed E-state index contributed by atoms with van der Waals surface area (Å²) in [5.74, 6) is -0.102. The van der Waals surface area contributed by atoms with Gasteiger partial charge in [0.1, 0.15) is 5.15 Å². The Morgan fingerprint density at radius 3 is 2.94 bits per heavy atom. The molecule has 0 aromatic carbocycles. The summed E-state index contributed by atoms with van der Waals surface area (Å²) < 4.78 is 0.861. The topological polar surface area (TPSA) is 42.4 Å². The van der Waals surface area contributed by atoms with Gasteiger partial charge < -0.3 is 0 Å². The summed E-state index contributed by atoms with van der Waals surface area (Å²) in [6.07, 6.45) is 2.47. The van der Waals surface area contributed by atoms with Gasteiger partial charge in [-0.05, 0) is 12.5 Å². The number of halogens is 2. The molecule has 0 radical (unpaired) electrons. The first-order chi connectivity index (χ1) is 7.56. The van der Waals surface area contributed by atoms with Crippen LogP contribution in [0.3, 0.4) is 0 Å². The van der Waals surface area contributed by atoms with Gasteiger partial charge in [-0.1, -0.05) is 27.5 Å². The highest BCUT2D eigenvalue weighted by Gasteiger charge is 2.12. The number of rotatable bonds is 4. The van der Waals surface area contributed by atoms with Gasteiger partial charge in [-0.25, -0.2) is 10.0 Å². The van der Waals surface area contributed by atoms with Gasteiger partial charge in [-0.3, -0.25) is 9.63 Å². The zero-order chi connectivity index (χ0) is 12.1. The molecule has 0 aliphatic carbocycles. The predicted molar refractivity (Wildman–Crippen MR) is 65.0 cm³/mol. The van der Waals surface area contributed by atoms with Gasteiger partial charge >= 0.3 is 0 Å². The SMILES string of the molecule is CON(C)C(=O)CCc1c(Br)ccnc1Cl. The fourth-order valence-electron chi connectivity index (χ4n) is 1.16. The van der Waals surface area contributed by atoms with Crippen molar-refractivity contribution in [1.29, 1.82) is 0 Å². The number of aromatic nitrogens is 1. The van der Waals surface area contributed by atoms with Crippen molar-refractivity contribution in [2.75, 3.05) is 14.2 Å². The van der Waals surface area contributed by atoms with E-state index in [1.54, 1.807) is 19.3 Å². The average Bonchev–Trinajstić information content (AvgIpc) is 2.27. The highest BCUT2D eigenvalue weighted by Crippen LogP contribution is 2.23. The van der Waals surface area contributed by atoms with Crippen LogP contribution in [0.1, 0.15) is 12.0 Å². The minimum absolute atomic E-state index is 0.102. The lowest BCUT2D eigenvalue weighted by molar-refractivity contribution is -0.168. The second-order valence-corrected chi connectivity index (χ2v) is 4.35. The first-order valence-corrected chi connectivity index (χ1v) is 5.83. The lowest BCUT2D eigenvalue weighted by Gasteiger charge is -2.13. The van der Waals surface area contributed by atoms with Gasteiger partial charge in [0.05, 0.1) is 7.11 Å². The Hall–Kier alpha value is -0.650. The van der Waals surface area contributed by atoms with E-state index in [-0.39, 0.29) is 5.91 Å². The zero-order valence-electron chi connectivity index (χ0n) is 9.04. The van der Waals surface area contributed by atoms with Crippen molar-refractivity contribution in [3.8, 4) is 0 Å². The van der Waals surface area contributed by atoms with Crippen LogP contribution in [-0.2, 0) is 16.1 Å². The van der Waals surface area contributed by atoms with Gasteiger partial charge in [-0.2, -0.15) is 0 Å². The lowest BCUT2D eigenvalue weighted by Crippen LogP contribution is -2.25. The number of hydrogen-bond donors (Lipinski definition) is 0. The van der Waals surface area contributed by atoms with Gasteiger partial charge in [0.15, 0.2) is 0 Å². The molecule has 0 aliphatic heterocycles. The van der Waals surface area contributed by atoms with Crippen LogP contribution in [0.25, 0.3) is 0 Å². The van der Waals surface area contributed by atoms with Gasteiger partial charge in [0, 0.05) is 29.7 Å². The Morgan fingerprint density at radius 1 is 1.69 bits per heavy atom. The molecule has 0 saturated heterocycles. The van der Waals surface area contributed by atoms with Crippen molar-refractivity contribution in [1.82, 2.24) is 10.0 Å². The zero-order valence-corrected chi connectivity index (χ0v) is 11.4. The number of hydrogen-bond acceptors (Lipinski definition) is 3. The maximum absolute atomic E-state index is 11.5. The maximum atomic E-state index is 11.5. The number of hydroxylamine groups is 2. The molecule has 1 aromatic rings. The van der Waals surface area contributed by atoms with E-state index in [1.807, 2.05) is 0 Å². The second-order valence-electron chi connectivity index (χ2n) is 3.14. The van der Waals surface area contributed by atoms with Crippen LogP contribution in [-0.4, -0.2) is 30.1 Å². The molecule has 1 rings (SSSR count). The standard InChI is InChI=1S/C10H12BrClN2O2/c1-14(16-2)9(15)4-3-7-8(11)5-6-13-10(7)12/h5-6H,3-4H2,1-2H3. The van der Waals surface area contributed by atoms with E-state index in [1.165, 1.54) is 12.2 Å². The van der Waals surface area contributed by atoms with E-state index in [4.69, 9.17) is 16.4 Å². The molecule has 0 N–H and O–H groups in total. The maximum Gasteiger partial charge on any atom is 0.246 e. The van der Waals surface area contributed by atoms with Gasteiger partial charge in [0.2, 0.25) is 5.91 Å². The van der Waals surface area contributed by atoms with Crippen molar-refractivity contribution < 1.29 is 9.63 Å². The Balaban J connectivity index is 2.65. The minimum Gasteiger partial charge on any atom is -0.275 e. The largest absolute Gasteiger partial charge is 0.275 e. The average molecular weight is 308 g/mol.